The van der Waals surface area contributed by atoms with Gasteiger partial charge in [-0.05, 0) is 23.8 Å². The molecule has 0 aliphatic rings. The van der Waals surface area contributed by atoms with Gasteiger partial charge in [-0.2, -0.15) is 22.5 Å². The average Bonchev–Trinajstić information content (AvgIpc) is 2.37. The number of rotatable bonds is 2. The third kappa shape index (κ3) is 2.83. The normalized spacial score (nSPS) is 11.4. The van der Waals surface area contributed by atoms with Crippen LogP contribution in [0.4, 0.5) is 17.6 Å². The number of benzene rings is 1. The van der Waals surface area contributed by atoms with E-state index in [1.165, 1.54) is 31.4 Å². The Balaban J connectivity index is 2.37. The zero-order chi connectivity index (χ0) is 14.0. The zero-order valence-corrected chi connectivity index (χ0v) is 9.83. The number of pyridine rings is 1. The second-order valence-corrected chi connectivity index (χ2v) is 3.77. The van der Waals surface area contributed by atoms with E-state index in [0.29, 0.717) is 5.56 Å². The fourth-order valence-electron chi connectivity index (χ4n) is 1.59. The number of methoxy groups -OCH3 is 1. The predicted octanol–water partition coefficient (Wildman–Crippen LogP) is 3.92. The second kappa shape index (κ2) is 4.87. The Morgan fingerprint density at radius 1 is 1.00 bits per heavy atom. The molecule has 1 aromatic carbocycles. The van der Waals surface area contributed by atoms with E-state index in [1.807, 2.05) is 0 Å². The van der Waals surface area contributed by atoms with Crippen LogP contribution in [0.3, 0.4) is 0 Å². The lowest BCUT2D eigenvalue weighted by Crippen LogP contribution is -2.04. The Labute approximate surface area is 106 Å². The van der Waals surface area contributed by atoms with Crippen LogP contribution in [-0.2, 0) is 6.18 Å². The molecule has 0 atom stereocenters. The lowest BCUT2D eigenvalue weighted by molar-refractivity contribution is -0.137. The van der Waals surface area contributed by atoms with Gasteiger partial charge < -0.3 is 4.74 Å². The summed E-state index contributed by atoms with van der Waals surface area (Å²) in [7, 11) is 1.35. The first-order valence-electron chi connectivity index (χ1n) is 5.30. The minimum absolute atomic E-state index is 0.105. The standard InChI is InChI=1S/C13H9F4NO/c1-19-11-7-6-10(12(14)18-11)8-2-4-9(5-3-8)13(15,16)17/h2-7H,1H3. The second-order valence-electron chi connectivity index (χ2n) is 3.77. The lowest BCUT2D eigenvalue weighted by atomic mass is 10.1. The summed E-state index contributed by atoms with van der Waals surface area (Å²) >= 11 is 0. The van der Waals surface area contributed by atoms with E-state index in [1.54, 1.807) is 0 Å². The van der Waals surface area contributed by atoms with Crippen molar-refractivity contribution in [3.63, 3.8) is 0 Å². The van der Waals surface area contributed by atoms with Gasteiger partial charge in [0.15, 0.2) is 0 Å². The first-order chi connectivity index (χ1) is 8.91. The van der Waals surface area contributed by atoms with Crippen LogP contribution < -0.4 is 4.74 Å². The van der Waals surface area contributed by atoms with Crippen molar-refractivity contribution in [2.45, 2.75) is 6.18 Å². The molecule has 0 amide bonds. The fraction of sp³-hybridized carbons (Fsp3) is 0.154. The molecule has 1 aromatic heterocycles. The molecule has 0 spiro atoms. The van der Waals surface area contributed by atoms with Crippen molar-refractivity contribution in [1.29, 1.82) is 0 Å². The molecular formula is C13H9F4NO. The van der Waals surface area contributed by atoms with Crippen LogP contribution in [0, 0.1) is 5.95 Å². The monoisotopic (exact) mass is 271 g/mol. The molecule has 6 heteroatoms. The highest BCUT2D eigenvalue weighted by Gasteiger charge is 2.30. The highest BCUT2D eigenvalue weighted by atomic mass is 19.4. The number of alkyl halides is 3. The summed E-state index contributed by atoms with van der Waals surface area (Å²) in [5.74, 6) is -0.688. The van der Waals surface area contributed by atoms with Crippen LogP contribution >= 0.6 is 0 Å². The lowest BCUT2D eigenvalue weighted by Gasteiger charge is -2.08. The molecule has 2 nitrogen and oxygen atoms in total. The Morgan fingerprint density at radius 3 is 2.11 bits per heavy atom. The van der Waals surface area contributed by atoms with Crippen molar-refractivity contribution >= 4 is 0 Å². The summed E-state index contributed by atoms with van der Waals surface area (Å²) in [6.07, 6.45) is -4.41. The van der Waals surface area contributed by atoms with E-state index in [2.05, 4.69) is 4.98 Å². The van der Waals surface area contributed by atoms with Gasteiger partial charge in [-0.25, -0.2) is 0 Å². The van der Waals surface area contributed by atoms with Crippen LogP contribution in [0.5, 0.6) is 5.88 Å². The van der Waals surface area contributed by atoms with E-state index < -0.39 is 17.7 Å². The zero-order valence-electron chi connectivity index (χ0n) is 9.83. The molecule has 0 saturated heterocycles. The van der Waals surface area contributed by atoms with E-state index in [0.717, 1.165) is 12.1 Å². The Kier molecular flexibility index (Phi) is 3.42. The number of nitrogens with zero attached hydrogens (tertiary/aromatic N) is 1. The SMILES string of the molecule is COc1ccc(-c2ccc(C(F)(F)F)cc2)c(F)n1. The smallest absolute Gasteiger partial charge is 0.416 e. The van der Waals surface area contributed by atoms with Crippen molar-refractivity contribution in [1.82, 2.24) is 4.98 Å². The molecule has 0 saturated carbocycles. The van der Waals surface area contributed by atoms with Crippen LogP contribution in [0.15, 0.2) is 36.4 Å². The Bertz CT molecular complexity index is 578. The predicted molar refractivity (Wildman–Crippen MR) is 61.2 cm³/mol. The van der Waals surface area contributed by atoms with Crippen LogP contribution in [0.25, 0.3) is 11.1 Å². The van der Waals surface area contributed by atoms with Crippen molar-refractivity contribution in [3.05, 3.63) is 47.9 Å². The van der Waals surface area contributed by atoms with Gasteiger partial charge in [-0.1, -0.05) is 12.1 Å². The molecule has 0 unspecified atom stereocenters. The van der Waals surface area contributed by atoms with Crippen LogP contribution in [0.1, 0.15) is 5.56 Å². The van der Waals surface area contributed by atoms with E-state index in [-0.39, 0.29) is 11.4 Å². The number of aromatic nitrogens is 1. The van der Waals surface area contributed by atoms with Crippen LogP contribution in [0.2, 0.25) is 0 Å². The van der Waals surface area contributed by atoms with Crippen molar-refractivity contribution in [2.75, 3.05) is 7.11 Å². The average molecular weight is 271 g/mol. The van der Waals surface area contributed by atoms with Crippen molar-refractivity contribution in [2.24, 2.45) is 0 Å². The summed E-state index contributed by atoms with van der Waals surface area (Å²) in [5.41, 5.74) is -0.340. The molecule has 100 valence electrons. The van der Waals surface area contributed by atoms with Gasteiger partial charge in [0.05, 0.1) is 12.7 Å². The summed E-state index contributed by atoms with van der Waals surface area (Å²) in [6, 6.07) is 7.06. The van der Waals surface area contributed by atoms with Gasteiger partial charge in [0.2, 0.25) is 11.8 Å². The summed E-state index contributed by atoms with van der Waals surface area (Å²) < 4.78 is 55.6. The Hall–Kier alpha value is -2.11. The van der Waals surface area contributed by atoms with Crippen LogP contribution in [-0.4, -0.2) is 12.1 Å². The number of hydrogen-bond donors (Lipinski definition) is 0. The number of hydrogen-bond acceptors (Lipinski definition) is 2. The molecule has 0 N–H and O–H groups in total. The van der Waals surface area contributed by atoms with E-state index in [4.69, 9.17) is 4.74 Å². The summed E-state index contributed by atoms with van der Waals surface area (Å²) in [4.78, 5) is 3.53. The largest absolute Gasteiger partial charge is 0.481 e. The molecule has 0 aliphatic carbocycles. The molecular weight excluding hydrogens is 262 g/mol. The highest BCUT2D eigenvalue weighted by molar-refractivity contribution is 5.63. The van der Waals surface area contributed by atoms with Gasteiger partial charge in [0.25, 0.3) is 0 Å². The van der Waals surface area contributed by atoms with Gasteiger partial charge in [0.1, 0.15) is 0 Å². The third-order valence-corrected chi connectivity index (χ3v) is 2.56. The quantitative estimate of drug-likeness (QED) is 0.610. The summed E-state index contributed by atoms with van der Waals surface area (Å²) in [6.45, 7) is 0. The number of ether oxygens (including phenoxy) is 1. The molecule has 0 radical (unpaired) electrons. The minimum atomic E-state index is -4.41. The van der Waals surface area contributed by atoms with Gasteiger partial charge in [-0.3, -0.25) is 0 Å². The maximum atomic E-state index is 13.6. The molecule has 1 heterocycles. The van der Waals surface area contributed by atoms with E-state index >= 15 is 0 Å². The molecule has 2 aromatic rings. The number of halogens is 4. The van der Waals surface area contributed by atoms with Gasteiger partial charge in [-0.15, -0.1) is 0 Å². The fourth-order valence-corrected chi connectivity index (χ4v) is 1.59. The van der Waals surface area contributed by atoms with Gasteiger partial charge in [0, 0.05) is 11.6 Å². The Morgan fingerprint density at radius 2 is 1.63 bits per heavy atom. The molecule has 2 rings (SSSR count). The maximum Gasteiger partial charge on any atom is 0.416 e. The minimum Gasteiger partial charge on any atom is -0.481 e. The molecule has 0 aliphatic heterocycles. The van der Waals surface area contributed by atoms with E-state index in [9.17, 15) is 17.6 Å². The molecule has 0 fully saturated rings. The van der Waals surface area contributed by atoms with Crippen molar-refractivity contribution in [3.8, 4) is 17.0 Å². The first kappa shape index (κ1) is 13.3. The maximum absolute atomic E-state index is 13.6. The first-order valence-corrected chi connectivity index (χ1v) is 5.30. The summed E-state index contributed by atoms with van der Waals surface area (Å²) in [5, 5.41) is 0. The highest BCUT2D eigenvalue weighted by Crippen LogP contribution is 2.31. The molecule has 19 heavy (non-hydrogen) atoms. The van der Waals surface area contributed by atoms with Crippen molar-refractivity contribution < 1.29 is 22.3 Å². The topological polar surface area (TPSA) is 22.1 Å². The molecule has 0 bridgehead atoms. The van der Waals surface area contributed by atoms with Gasteiger partial charge >= 0.3 is 6.18 Å². The third-order valence-electron chi connectivity index (χ3n) is 2.56.